The number of piperidine rings is 1. The lowest BCUT2D eigenvalue weighted by atomic mass is 9.89. The molecule has 1 amide bonds. The molecule has 0 saturated carbocycles. The van der Waals surface area contributed by atoms with Crippen molar-refractivity contribution in [2.24, 2.45) is 0 Å². The van der Waals surface area contributed by atoms with Gasteiger partial charge in [0.1, 0.15) is 5.69 Å². The summed E-state index contributed by atoms with van der Waals surface area (Å²) in [6, 6.07) is 20.3. The number of aromatic amines is 1. The van der Waals surface area contributed by atoms with Gasteiger partial charge in [0.15, 0.2) is 4.77 Å². The number of likely N-dealkylation sites (tertiary alicyclic amines) is 1. The molecule has 4 nitrogen and oxygen atoms in total. The van der Waals surface area contributed by atoms with Gasteiger partial charge in [-0.25, -0.2) is 0 Å². The Kier molecular flexibility index (Phi) is 4.71. The van der Waals surface area contributed by atoms with Crippen LogP contribution in [-0.4, -0.2) is 33.4 Å². The van der Waals surface area contributed by atoms with Crippen molar-refractivity contribution in [2.75, 3.05) is 13.1 Å². The molecular formula is C21H21N3OS. The zero-order valence-corrected chi connectivity index (χ0v) is 15.3. The second-order valence-corrected chi connectivity index (χ2v) is 7.01. The summed E-state index contributed by atoms with van der Waals surface area (Å²) in [5, 5.41) is 0. The molecule has 2 heterocycles. The molecule has 0 unspecified atom stereocenters. The fraction of sp³-hybridized carbons (Fsp3) is 0.238. The molecule has 1 fully saturated rings. The van der Waals surface area contributed by atoms with Crippen LogP contribution in [-0.2, 0) is 0 Å². The quantitative estimate of drug-likeness (QED) is 0.693. The molecule has 26 heavy (non-hydrogen) atoms. The Bertz CT molecular complexity index is 938. The van der Waals surface area contributed by atoms with Crippen molar-refractivity contribution in [3.8, 4) is 5.69 Å². The maximum Gasteiger partial charge on any atom is 0.272 e. The highest BCUT2D eigenvalue weighted by Crippen LogP contribution is 2.28. The van der Waals surface area contributed by atoms with E-state index in [1.165, 1.54) is 5.56 Å². The largest absolute Gasteiger partial charge is 0.337 e. The molecule has 3 aromatic rings. The van der Waals surface area contributed by atoms with Gasteiger partial charge in [-0.2, -0.15) is 0 Å². The molecule has 132 valence electrons. The number of para-hydroxylation sites is 1. The van der Waals surface area contributed by atoms with E-state index >= 15 is 0 Å². The van der Waals surface area contributed by atoms with Crippen LogP contribution >= 0.6 is 12.2 Å². The molecule has 1 saturated heterocycles. The number of rotatable bonds is 3. The number of hydrogen-bond acceptors (Lipinski definition) is 2. The number of amides is 1. The van der Waals surface area contributed by atoms with Crippen LogP contribution in [0, 0.1) is 4.77 Å². The van der Waals surface area contributed by atoms with Crippen molar-refractivity contribution in [1.29, 1.82) is 0 Å². The SMILES string of the molecule is O=C(c1c[nH]c(=S)n1-c1ccccc1)N1CCC(c2ccccc2)CC1. The van der Waals surface area contributed by atoms with Gasteiger partial charge in [-0.05, 0) is 48.7 Å². The molecule has 2 aromatic carbocycles. The van der Waals surface area contributed by atoms with E-state index in [0.29, 0.717) is 16.4 Å². The van der Waals surface area contributed by atoms with E-state index in [1.807, 2.05) is 45.9 Å². The number of aromatic nitrogens is 2. The minimum atomic E-state index is 0.0349. The van der Waals surface area contributed by atoms with Crippen molar-refractivity contribution in [3.05, 3.63) is 82.9 Å². The summed E-state index contributed by atoms with van der Waals surface area (Å²) in [5.74, 6) is 0.565. The first-order valence-electron chi connectivity index (χ1n) is 8.94. The van der Waals surface area contributed by atoms with Gasteiger partial charge in [0, 0.05) is 25.0 Å². The minimum Gasteiger partial charge on any atom is -0.337 e. The van der Waals surface area contributed by atoms with E-state index in [1.54, 1.807) is 6.20 Å². The van der Waals surface area contributed by atoms with E-state index < -0.39 is 0 Å². The lowest BCUT2D eigenvalue weighted by Crippen LogP contribution is -2.38. The summed E-state index contributed by atoms with van der Waals surface area (Å²) in [6.45, 7) is 1.54. The van der Waals surface area contributed by atoms with E-state index in [4.69, 9.17) is 12.2 Å². The van der Waals surface area contributed by atoms with E-state index in [0.717, 1.165) is 31.6 Å². The van der Waals surface area contributed by atoms with Crippen molar-refractivity contribution in [3.63, 3.8) is 0 Å². The molecular weight excluding hydrogens is 342 g/mol. The normalized spacial score (nSPS) is 15.2. The summed E-state index contributed by atoms with van der Waals surface area (Å²) in [4.78, 5) is 18.1. The van der Waals surface area contributed by atoms with E-state index in [2.05, 4.69) is 29.2 Å². The van der Waals surface area contributed by atoms with Crippen LogP contribution in [0.3, 0.4) is 0 Å². The summed E-state index contributed by atoms with van der Waals surface area (Å²) in [7, 11) is 0. The van der Waals surface area contributed by atoms with Gasteiger partial charge in [0.05, 0.1) is 0 Å². The number of H-pyrrole nitrogens is 1. The van der Waals surface area contributed by atoms with Gasteiger partial charge in [0.2, 0.25) is 0 Å². The van der Waals surface area contributed by atoms with Gasteiger partial charge in [-0.1, -0.05) is 48.5 Å². The fourth-order valence-corrected chi connectivity index (χ4v) is 3.93. The van der Waals surface area contributed by atoms with Crippen LogP contribution < -0.4 is 0 Å². The Morgan fingerprint density at radius 3 is 2.23 bits per heavy atom. The van der Waals surface area contributed by atoms with E-state index in [-0.39, 0.29) is 5.91 Å². The Balaban J connectivity index is 1.53. The third kappa shape index (κ3) is 3.22. The highest BCUT2D eigenvalue weighted by atomic mass is 32.1. The summed E-state index contributed by atoms with van der Waals surface area (Å²) in [6.07, 6.45) is 3.71. The summed E-state index contributed by atoms with van der Waals surface area (Å²) < 4.78 is 2.36. The standard InChI is InChI=1S/C21H21N3OS/c25-20(19-15-22-21(26)24(19)18-9-5-2-6-10-18)23-13-11-17(12-14-23)16-7-3-1-4-8-16/h1-10,15,17H,11-14H2,(H,22,26). The smallest absolute Gasteiger partial charge is 0.272 e. The highest BCUT2D eigenvalue weighted by molar-refractivity contribution is 7.71. The summed E-state index contributed by atoms with van der Waals surface area (Å²) in [5.41, 5.74) is 2.87. The molecule has 0 spiro atoms. The molecule has 0 aliphatic carbocycles. The minimum absolute atomic E-state index is 0.0349. The maximum absolute atomic E-state index is 13.1. The van der Waals surface area contributed by atoms with Crippen LogP contribution in [0.5, 0.6) is 0 Å². The van der Waals surface area contributed by atoms with Crippen LogP contribution in [0.4, 0.5) is 0 Å². The van der Waals surface area contributed by atoms with Crippen LogP contribution in [0.15, 0.2) is 66.9 Å². The maximum atomic E-state index is 13.1. The Labute approximate surface area is 158 Å². The average molecular weight is 363 g/mol. The number of carbonyl (C=O) groups is 1. The van der Waals surface area contributed by atoms with Crippen molar-refractivity contribution >= 4 is 18.1 Å². The van der Waals surface area contributed by atoms with Gasteiger partial charge in [-0.15, -0.1) is 0 Å². The number of carbonyl (C=O) groups excluding carboxylic acids is 1. The Morgan fingerprint density at radius 1 is 0.962 bits per heavy atom. The van der Waals surface area contributed by atoms with Crippen LogP contribution in [0.1, 0.15) is 34.8 Å². The zero-order chi connectivity index (χ0) is 17.9. The second kappa shape index (κ2) is 7.30. The molecule has 4 rings (SSSR count). The third-order valence-electron chi connectivity index (χ3n) is 5.06. The zero-order valence-electron chi connectivity index (χ0n) is 14.5. The molecule has 0 atom stereocenters. The topological polar surface area (TPSA) is 41.0 Å². The molecule has 1 aromatic heterocycles. The summed E-state index contributed by atoms with van der Waals surface area (Å²) >= 11 is 5.39. The predicted octanol–water partition coefficient (Wildman–Crippen LogP) is 4.55. The van der Waals surface area contributed by atoms with Gasteiger partial charge in [0.25, 0.3) is 5.91 Å². The number of imidazole rings is 1. The number of nitrogens with one attached hydrogen (secondary N) is 1. The Hall–Kier alpha value is -2.66. The van der Waals surface area contributed by atoms with Gasteiger partial charge >= 0.3 is 0 Å². The fourth-order valence-electron chi connectivity index (χ4n) is 3.66. The predicted molar refractivity (Wildman–Crippen MR) is 105 cm³/mol. The van der Waals surface area contributed by atoms with Crippen molar-refractivity contribution < 1.29 is 4.79 Å². The molecule has 1 N–H and O–H groups in total. The molecule has 1 aliphatic heterocycles. The first-order chi connectivity index (χ1) is 12.7. The third-order valence-corrected chi connectivity index (χ3v) is 5.36. The van der Waals surface area contributed by atoms with E-state index in [9.17, 15) is 4.79 Å². The van der Waals surface area contributed by atoms with Gasteiger partial charge < -0.3 is 9.88 Å². The molecule has 0 bridgehead atoms. The number of hydrogen-bond donors (Lipinski definition) is 1. The molecule has 0 radical (unpaired) electrons. The first kappa shape index (κ1) is 16.8. The Morgan fingerprint density at radius 2 is 1.58 bits per heavy atom. The van der Waals surface area contributed by atoms with Crippen LogP contribution in [0.25, 0.3) is 5.69 Å². The molecule has 5 heteroatoms. The van der Waals surface area contributed by atoms with Crippen molar-refractivity contribution in [1.82, 2.24) is 14.5 Å². The average Bonchev–Trinajstić information content (AvgIpc) is 3.10. The monoisotopic (exact) mass is 363 g/mol. The first-order valence-corrected chi connectivity index (χ1v) is 9.35. The second-order valence-electron chi connectivity index (χ2n) is 6.63. The number of benzene rings is 2. The lowest BCUT2D eigenvalue weighted by Gasteiger charge is -2.32. The highest BCUT2D eigenvalue weighted by Gasteiger charge is 2.26. The van der Waals surface area contributed by atoms with Gasteiger partial charge in [-0.3, -0.25) is 9.36 Å². The number of nitrogens with zero attached hydrogens (tertiary/aromatic N) is 2. The molecule has 1 aliphatic rings. The van der Waals surface area contributed by atoms with Crippen LogP contribution in [0.2, 0.25) is 0 Å². The lowest BCUT2D eigenvalue weighted by molar-refractivity contribution is 0.0704. The van der Waals surface area contributed by atoms with Crippen molar-refractivity contribution in [2.45, 2.75) is 18.8 Å².